The van der Waals surface area contributed by atoms with Gasteiger partial charge < -0.3 is 9.42 Å². The van der Waals surface area contributed by atoms with Crippen LogP contribution in [0.25, 0.3) is 11.4 Å². The molecule has 0 saturated carbocycles. The van der Waals surface area contributed by atoms with Gasteiger partial charge in [-0.3, -0.25) is 9.48 Å². The van der Waals surface area contributed by atoms with Gasteiger partial charge in [-0.25, -0.2) is 4.39 Å². The zero-order chi connectivity index (χ0) is 21.5. The summed E-state index contributed by atoms with van der Waals surface area (Å²) in [6.45, 7) is 0.447. The molecule has 1 aromatic carbocycles. The number of hydrogen-bond acceptors (Lipinski definition) is 5. The molecule has 2 aromatic heterocycles. The van der Waals surface area contributed by atoms with E-state index in [0.29, 0.717) is 24.9 Å². The molecule has 1 fully saturated rings. The minimum atomic E-state index is -4.73. The van der Waals surface area contributed by atoms with Crippen LogP contribution >= 0.6 is 0 Å². The second-order valence-electron chi connectivity index (χ2n) is 7.12. The summed E-state index contributed by atoms with van der Waals surface area (Å²) >= 11 is 0. The largest absolute Gasteiger partial charge is 0.435 e. The first kappa shape index (κ1) is 20.0. The fourth-order valence-electron chi connectivity index (χ4n) is 3.53. The number of rotatable bonds is 3. The molecule has 7 nitrogen and oxygen atoms in total. The summed E-state index contributed by atoms with van der Waals surface area (Å²) in [5, 5.41) is 7.25. The molecule has 1 amide bonds. The van der Waals surface area contributed by atoms with Crippen LogP contribution in [0, 0.1) is 5.82 Å². The first-order chi connectivity index (χ1) is 14.2. The molecular weight excluding hydrogens is 406 g/mol. The highest BCUT2D eigenvalue weighted by molar-refractivity contribution is 5.95. The van der Waals surface area contributed by atoms with Crippen molar-refractivity contribution in [1.29, 1.82) is 0 Å². The summed E-state index contributed by atoms with van der Waals surface area (Å²) in [6, 6.07) is 5.72. The lowest BCUT2D eigenvalue weighted by atomic mass is 9.97. The second kappa shape index (κ2) is 7.54. The van der Waals surface area contributed by atoms with Gasteiger partial charge in [-0.15, -0.1) is 0 Å². The summed E-state index contributed by atoms with van der Waals surface area (Å²) < 4.78 is 59.3. The van der Waals surface area contributed by atoms with Gasteiger partial charge in [0.05, 0.1) is 11.5 Å². The second-order valence-corrected chi connectivity index (χ2v) is 7.12. The van der Waals surface area contributed by atoms with Crippen LogP contribution in [0.4, 0.5) is 17.6 Å². The number of carbonyl (C=O) groups excluding carboxylic acids is 1. The number of alkyl halides is 3. The predicted molar refractivity (Wildman–Crippen MR) is 95.8 cm³/mol. The van der Waals surface area contributed by atoms with E-state index in [1.807, 2.05) is 0 Å². The number of amides is 1. The molecule has 158 valence electrons. The Morgan fingerprint density at radius 2 is 2.10 bits per heavy atom. The van der Waals surface area contributed by atoms with Crippen LogP contribution in [0.3, 0.4) is 0 Å². The molecule has 0 bridgehead atoms. The topological polar surface area (TPSA) is 77.0 Å². The van der Waals surface area contributed by atoms with Crippen LogP contribution in [0.2, 0.25) is 0 Å². The van der Waals surface area contributed by atoms with E-state index in [9.17, 15) is 22.4 Å². The van der Waals surface area contributed by atoms with Gasteiger partial charge >= 0.3 is 6.18 Å². The van der Waals surface area contributed by atoms with Crippen LogP contribution in [0.1, 0.15) is 40.7 Å². The van der Waals surface area contributed by atoms with Crippen molar-refractivity contribution in [2.75, 3.05) is 13.1 Å². The quantitative estimate of drug-likeness (QED) is 0.601. The van der Waals surface area contributed by atoms with Crippen molar-refractivity contribution in [3.05, 3.63) is 53.4 Å². The number of aromatic nitrogens is 4. The molecule has 11 heteroatoms. The number of carbonyl (C=O) groups is 1. The summed E-state index contributed by atoms with van der Waals surface area (Å²) in [5.41, 5.74) is -1.25. The Hall–Kier alpha value is -3.24. The lowest BCUT2D eigenvalue weighted by Gasteiger charge is -2.31. The standard InChI is InChI=1S/C19H17F4N5O2/c1-27-10-14(15(25-27)19(21,22)23)18(29)28-7-3-5-12(9-28)17-24-16(26-30-17)11-4-2-6-13(20)8-11/h2,4,6,8,10,12H,3,5,7,9H2,1H3. The highest BCUT2D eigenvalue weighted by Crippen LogP contribution is 2.33. The monoisotopic (exact) mass is 423 g/mol. The molecular formula is C19H17F4N5O2. The van der Waals surface area contributed by atoms with Crippen LogP contribution in [-0.2, 0) is 13.2 Å². The third-order valence-corrected chi connectivity index (χ3v) is 4.91. The van der Waals surface area contributed by atoms with Crippen LogP contribution < -0.4 is 0 Å². The number of piperidine rings is 1. The van der Waals surface area contributed by atoms with Crippen molar-refractivity contribution in [3.63, 3.8) is 0 Å². The molecule has 1 aliphatic rings. The molecule has 4 rings (SSSR count). The van der Waals surface area contributed by atoms with Gasteiger partial charge in [0.1, 0.15) is 5.82 Å². The number of benzene rings is 1. The number of hydrogen-bond donors (Lipinski definition) is 0. The maximum atomic E-state index is 13.4. The van der Waals surface area contributed by atoms with Crippen LogP contribution in [0.15, 0.2) is 35.0 Å². The lowest BCUT2D eigenvalue weighted by Crippen LogP contribution is -2.39. The van der Waals surface area contributed by atoms with Crippen LogP contribution in [0.5, 0.6) is 0 Å². The van der Waals surface area contributed by atoms with E-state index in [1.165, 1.54) is 30.1 Å². The first-order valence-electron chi connectivity index (χ1n) is 9.22. The molecule has 3 heterocycles. The Morgan fingerprint density at radius 1 is 1.30 bits per heavy atom. The highest BCUT2D eigenvalue weighted by Gasteiger charge is 2.40. The van der Waals surface area contributed by atoms with E-state index in [4.69, 9.17) is 4.52 Å². The van der Waals surface area contributed by atoms with Crippen molar-refractivity contribution in [3.8, 4) is 11.4 Å². The fraction of sp³-hybridized carbons (Fsp3) is 0.368. The molecule has 1 atom stereocenters. The van der Waals surface area contributed by atoms with Crippen molar-refractivity contribution >= 4 is 5.91 Å². The van der Waals surface area contributed by atoms with Gasteiger partial charge in [0.25, 0.3) is 5.91 Å². The van der Waals surface area contributed by atoms with Crippen molar-refractivity contribution in [2.24, 2.45) is 7.05 Å². The molecule has 0 radical (unpaired) electrons. The van der Waals surface area contributed by atoms with Crippen molar-refractivity contribution in [1.82, 2.24) is 24.8 Å². The maximum Gasteiger partial charge on any atom is 0.435 e. The Bertz CT molecular complexity index is 1080. The Morgan fingerprint density at radius 3 is 2.83 bits per heavy atom. The van der Waals surface area contributed by atoms with E-state index >= 15 is 0 Å². The van der Waals surface area contributed by atoms with E-state index in [0.717, 1.165) is 10.9 Å². The van der Waals surface area contributed by atoms with Gasteiger partial charge in [0.15, 0.2) is 5.69 Å². The number of aryl methyl sites for hydroxylation is 1. The summed E-state index contributed by atoms with van der Waals surface area (Å²) in [6.07, 6.45) is -2.46. The third kappa shape index (κ3) is 3.91. The summed E-state index contributed by atoms with van der Waals surface area (Å²) in [7, 11) is 1.33. The fourth-order valence-corrected chi connectivity index (χ4v) is 3.53. The molecule has 1 unspecified atom stereocenters. The van der Waals surface area contributed by atoms with Crippen LogP contribution in [-0.4, -0.2) is 43.8 Å². The van der Waals surface area contributed by atoms with Gasteiger partial charge in [0.2, 0.25) is 11.7 Å². The number of nitrogens with zero attached hydrogens (tertiary/aromatic N) is 5. The number of likely N-dealkylation sites (tertiary alicyclic amines) is 1. The molecule has 0 spiro atoms. The SMILES string of the molecule is Cn1cc(C(=O)N2CCCC(c3nc(-c4cccc(F)c4)no3)C2)c(C(F)(F)F)n1. The zero-order valence-electron chi connectivity index (χ0n) is 15.9. The predicted octanol–water partition coefficient (Wildman–Crippen LogP) is 3.65. The smallest absolute Gasteiger partial charge is 0.339 e. The maximum absolute atomic E-state index is 13.4. The zero-order valence-corrected chi connectivity index (χ0v) is 15.9. The normalized spacial score (nSPS) is 17.4. The van der Waals surface area contributed by atoms with Crippen molar-refractivity contribution in [2.45, 2.75) is 24.9 Å². The van der Waals surface area contributed by atoms with E-state index in [2.05, 4.69) is 15.2 Å². The first-order valence-corrected chi connectivity index (χ1v) is 9.22. The summed E-state index contributed by atoms with van der Waals surface area (Å²) in [4.78, 5) is 18.4. The summed E-state index contributed by atoms with van der Waals surface area (Å²) in [5.74, 6) is -1.05. The minimum Gasteiger partial charge on any atom is -0.339 e. The molecule has 1 aliphatic heterocycles. The molecule has 3 aromatic rings. The Balaban J connectivity index is 1.54. The molecule has 0 N–H and O–H groups in total. The number of halogens is 4. The minimum absolute atomic E-state index is 0.135. The Kier molecular flexibility index (Phi) is 5.04. The lowest BCUT2D eigenvalue weighted by molar-refractivity contribution is -0.141. The van der Waals surface area contributed by atoms with Gasteiger partial charge in [-0.05, 0) is 25.0 Å². The highest BCUT2D eigenvalue weighted by atomic mass is 19.4. The van der Waals surface area contributed by atoms with E-state index in [1.54, 1.807) is 6.07 Å². The van der Waals surface area contributed by atoms with E-state index < -0.39 is 29.2 Å². The molecule has 1 saturated heterocycles. The van der Waals surface area contributed by atoms with Gasteiger partial charge in [0, 0.05) is 31.9 Å². The van der Waals surface area contributed by atoms with Gasteiger partial charge in [-0.1, -0.05) is 17.3 Å². The van der Waals surface area contributed by atoms with Crippen molar-refractivity contribution < 1.29 is 26.9 Å². The molecule has 0 aliphatic carbocycles. The average Bonchev–Trinajstić information content (AvgIpc) is 3.34. The third-order valence-electron chi connectivity index (χ3n) is 4.91. The van der Waals surface area contributed by atoms with E-state index in [-0.39, 0.29) is 24.2 Å². The van der Waals surface area contributed by atoms with Gasteiger partial charge in [-0.2, -0.15) is 23.3 Å². The molecule has 30 heavy (non-hydrogen) atoms. The Labute approximate surface area is 168 Å². The average molecular weight is 423 g/mol.